The minimum absolute atomic E-state index is 0.0589. The highest BCUT2D eigenvalue weighted by Crippen LogP contribution is 2.20. The predicted molar refractivity (Wildman–Crippen MR) is 73.7 cm³/mol. The van der Waals surface area contributed by atoms with Crippen LogP contribution in [0.5, 0.6) is 0 Å². The van der Waals surface area contributed by atoms with Crippen LogP contribution in [0.2, 0.25) is 0 Å². The van der Waals surface area contributed by atoms with Crippen LogP contribution in [0, 0.1) is 5.92 Å². The fourth-order valence-corrected chi connectivity index (χ4v) is 2.35. The molecule has 1 rings (SSSR count). The highest BCUT2D eigenvalue weighted by atomic mass is 16.5. The van der Waals surface area contributed by atoms with Crippen molar-refractivity contribution in [2.45, 2.75) is 58.0 Å². The number of rotatable bonds is 5. The van der Waals surface area contributed by atoms with Crippen molar-refractivity contribution >= 4 is 11.9 Å². The zero-order chi connectivity index (χ0) is 14.5. The molecule has 0 aromatic heterocycles. The van der Waals surface area contributed by atoms with Crippen molar-refractivity contribution < 1.29 is 14.3 Å². The van der Waals surface area contributed by atoms with Gasteiger partial charge in [0.2, 0.25) is 5.91 Å². The van der Waals surface area contributed by atoms with Crippen LogP contribution in [0.4, 0.5) is 0 Å². The van der Waals surface area contributed by atoms with Crippen molar-refractivity contribution in [2.75, 3.05) is 13.7 Å². The van der Waals surface area contributed by atoms with Crippen LogP contribution >= 0.6 is 0 Å². The maximum atomic E-state index is 12.4. The summed E-state index contributed by atoms with van der Waals surface area (Å²) in [6, 6.07) is -0.567. The molecule has 0 aromatic rings. The topological polar surface area (TPSA) is 67.4 Å². The molecule has 19 heavy (non-hydrogen) atoms. The Bertz CT molecular complexity index is 325. The van der Waals surface area contributed by atoms with E-state index in [1.165, 1.54) is 7.11 Å². The molecular weight excluding hydrogens is 244 g/mol. The van der Waals surface area contributed by atoms with Crippen LogP contribution in [0.15, 0.2) is 0 Å². The number of hydrogen-bond acceptors (Lipinski definition) is 4. The van der Waals surface area contributed by atoms with Gasteiger partial charge in [-0.1, -0.05) is 20.3 Å². The van der Waals surface area contributed by atoms with Gasteiger partial charge in [0, 0.05) is 0 Å². The van der Waals surface area contributed by atoms with E-state index in [0.717, 1.165) is 32.2 Å². The van der Waals surface area contributed by atoms with Crippen LogP contribution in [0.3, 0.4) is 0 Å². The first kappa shape index (κ1) is 16.0. The van der Waals surface area contributed by atoms with Crippen LogP contribution in [-0.4, -0.2) is 37.1 Å². The molecule has 1 heterocycles. The number of amides is 1. The van der Waals surface area contributed by atoms with Gasteiger partial charge < -0.3 is 15.4 Å². The summed E-state index contributed by atoms with van der Waals surface area (Å²) in [4.78, 5) is 24.2. The van der Waals surface area contributed by atoms with Crippen LogP contribution in [0.1, 0.15) is 46.5 Å². The lowest BCUT2D eigenvalue weighted by atomic mass is 9.89. The molecule has 110 valence electrons. The molecule has 1 amide bonds. The maximum absolute atomic E-state index is 12.4. The molecule has 3 unspecified atom stereocenters. The lowest BCUT2D eigenvalue weighted by Gasteiger charge is -2.35. The average molecular weight is 270 g/mol. The Kier molecular flexibility index (Phi) is 5.79. The zero-order valence-electron chi connectivity index (χ0n) is 12.4. The predicted octanol–water partition coefficient (Wildman–Crippen LogP) is 1.22. The van der Waals surface area contributed by atoms with Gasteiger partial charge >= 0.3 is 5.97 Å². The Morgan fingerprint density at radius 2 is 2.11 bits per heavy atom. The molecule has 0 aromatic carbocycles. The second-order valence-electron chi connectivity index (χ2n) is 5.58. The Balaban J connectivity index is 2.72. The molecule has 0 saturated carbocycles. The van der Waals surface area contributed by atoms with E-state index in [2.05, 4.69) is 10.6 Å². The van der Waals surface area contributed by atoms with Crippen molar-refractivity contribution in [1.82, 2.24) is 10.6 Å². The summed E-state index contributed by atoms with van der Waals surface area (Å²) in [6.07, 6.45) is 3.73. The Morgan fingerprint density at radius 1 is 1.42 bits per heavy atom. The first-order valence-electron chi connectivity index (χ1n) is 7.08. The Hall–Kier alpha value is -1.10. The van der Waals surface area contributed by atoms with E-state index < -0.39 is 11.6 Å². The SMILES string of the molecule is CCC(C)C(NC(=O)C1(C)CCCCN1)C(=O)OC. The molecule has 1 aliphatic rings. The van der Waals surface area contributed by atoms with E-state index in [1.807, 2.05) is 20.8 Å². The molecule has 0 aliphatic carbocycles. The summed E-state index contributed by atoms with van der Waals surface area (Å²) < 4.78 is 4.78. The van der Waals surface area contributed by atoms with Gasteiger partial charge in [0.25, 0.3) is 0 Å². The smallest absolute Gasteiger partial charge is 0.328 e. The first-order valence-corrected chi connectivity index (χ1v) is 7.08. The number of methoxy groups -OCH3 is 1. The highest BCUT2D eigenvalue weighted by molar-refractivity contribution is 5.90. The molecule has 0 radical (unpaired) electrons. The van der Waals surface area contributed by atoms with Gasteiger partial charge in [-0.2, -0.15) is 0 Å². The molecule has 0 bridgehead atoms. The maximum Gasteiger partial charge on any atom is 0.328 e. The molecule has 1 fully saturated rings. The molecule has 0 spiro atoms. The summed E-state index contributed by atoms with van der Waals surface area (Å²) in [5, 5.41) is 6.10. The molecule has 5 nitrogen and oxygen atoms in total. The number of ether oxygens (including phenoxy) is 1. The fourth-order valence-electron chi connectivity index (χ4n) is 2.35. The van der Waals surface area contributed by atoms with Crippen LogP contribution in [0.25, 0.3) is 0 Å². The minimum atomic E-state index is -0.571. The van der Waals surface area contributed by atoms with Crippen molar-refractivity contribution in [2.24, 2.45) is 5.92 Å². The van der Waals surface area contributed by atoms with Crippen molar-refractivity contribution in [3.63, 3.8) is 0 Å². The van der Waals surface area contributed by atoms with Crippen molar-refractivity contribution in [1.29, 1.82) is 0 Å². The van der Waals surface area contributed by atoms with E-state index in [1.54, 1.807) is 0 Å². The summed E-state index contributed by atoms with van der Waals surface area (Å²) in [5.41, 5.74) is -0.571. The lowest BCUT2D eigenvalue weighted by molar-refractivity contribution is -0.147. The summed E-state index contributed by atoms with van der Waals surface area (Å²) >= 11 is 0. The Labute approximate surface area is 115 Å². The third-order valence-corrected chi connectivity index (χ3v) is 4.07. The van der Waals surface area contributed by atoms with Gasteiger partial charge in [-0.25, -0.2) is 4.79 Å². The van der Waals surface area contributed by atoms with E-state index in [-0.39, 0.29) is 17.8 Å². The third-order valence-electron chi connectivity index (χ3n) is 4.07. The molecule has 1 saturated heterocycles. The summed E-state index contributed by atoms with van der Waals surface area (Å²) in [6.45, 7) is 6.68. The van der Waals surface area contributed by atoms with Crippen molar-refractivity contribution in [3.05, 3.63) is 0 Å². The lowest BCUT2D eigenvalue weighted by Crippen LogP contribution is -2.60. The van der Waals surface area contributed by atoms with Gasteiger partial charge in [-0.3, -0.25) is 4.79 Å². The van der Waals surface area contributed by atoms with Gasteiger partial charge in [0.05, 0.1) is 12.6 Å². The van der Waals surface area contributed by atoms with Gasteiger partial charge in [0.15, 0.2) is 0 Å². The summed E-state index contributed by atoms with van der Waals surface area (Å²) in [5.74, 6) is -0.423. The standard InChI is InChI=1S/C14H26N2O3/c1-5-10(2)11(12(17)19-4)16-13(18)14(3)8-6-7-9-15-14/h10-11,15H,5-9H2,1-4H3,(H,16,18). The molecule has 2 N–H and O–H groups in total. The normalized spacial score (nSPS) is 26.3. The number of nitrogens with one attached hydrogen (secondary N) is 2. The third kappa shape index (κ3) is 3.93. The number of esters is 1. The average Bonchev–Trinajstić information content (AvgIpc) is 2.43. The number of piperidine rings is 1. The largest absolute Gasteiger partial charge is 0.467 e. The van der Waals surface area contributed by atoms with E-state index in [0.29, 0.717) is 0 Å². The minimum Gasteiger partial charge on any atom is -0.467 e. The number of carbonyl (C=O) groups is 2. The quantitative estimate of drug-likeness (QED) is 0.737. The molecular formula is C14H26N2O3. The fraction of sp³-hybridized carbons (Fsp3) is 0.857. The number of carbonyl (C=O) groups excluding carboxylic acids is 2. The second-order valence-corrected chi connectivity index (χ2v) is 5.58. The van der Waals surface area contributed by atoms with E-state index in [9.17, 15) is 9.59 Å². The summed E-state index contributed by atoms with van der Waals surface area (Å²) in [7, 11) is 1.35. The Morgan fingerprint density at radius 3 is 2.58 bits per heavy atom. The second kappa shape index (κ2) is 6.89. The van der Waals surface area contributed by atoms with E-state index in [4.69, 9.17) is 4.74 Å². The zero-order valence-corrected chi connectivity index (χ0v) is 12.4. The molecule has 5 heteroatoms. The highest BCUT2D eigenvalue weighted by Gasteiger charge is 2.37. The monoisotopic (exact) mass is 270 g/mol. The van der Waals surface area contributed by atoms with Gasteiger partial charge in [0.1, 0.15) is 6.04 Å². The molecule has 1 aliphatic heterocycles. The number of hydrogen-bond donors (Lipinski definition) is 2. The van der Waals surface area contributed by atoms with Gasteiger partial charge in [-0.05, 0) is 38.6 Å². The van der Waals surface area contributed by atoms with Crippen LogP contribution < -0.4 is 10.6 Å². The van der Waals surface area contributed by atoms with Crippen LogP contribution in [-0.2, 0) is 14.3 Å². The van der Waals surface area contributed by atoms with E-state index >= 15 is 0 Å². The molecule has 3 atom stereocenters. The first-order chi connectivity index (χ1) is 8.94. The van der Waals surface area contributed by atoms with Gasteiger partial charge in [-0.15, -0.1) is 0 Å². The van der Waals surface area contributed by atoms with Crippen molar-refractivity contribution in [3.8, 4) is 0 Å².